The molecule has 8 rings (SSSR count). The zero-order valence-electron chi connectivity index (χ0n) is 44.2. The molecule has 0 saturated carbocycles. The summed E-state index contributed by atoms with van der Waals surface area (Å²) >= 11 is 5.99. The normalized spacial score (nSPS) is 17.3. The summed E-state index contributed by atoms with van der Waals surface area (Å²) in [6, 6.07) is 12.1. The van der Waals surface area contributed by atoms with Crippen molar-refractivity contribution in [3.8, 4) is 5.75 Å². The molecule has 4 N–H and O–H groups in total. The largest absolute Gasteiger partial charge is 0.491 e. The summed E-state index contributed by atoms with van der Waals surface area (Å²) in [4.78, 5) is 92.2. The van der Waals surface area contributed by atoms with Gasteiger partial charge in [0.1, 0.15) is 29.8 Å². The first-order valence-corrected chi connectivity index (χ1v) is 27.1. The minimum Gasteiger partial charge on any atom is -0.491 e. The van der Waals surface area contributed by atoms with Crippen molar-refractivity contribution in [2.24, 2.45) is 0 Å². The Hall–Kier alpha value is -6.70. The molecule has 0 bridgehead atoms. The maximum Gasteiger partial charge on any atom is 0.264 e. The number of hydrogen-bond acceptors (Lipinski definition) is 18. The lowest BCUT2D eigenvalue weighted by Gasteiger charge is -2.42. The molecule has 1 unspecified atom stereocenters. The van der Waals surface area contributed by atoms with E-state index in [-0.39, 0.29) is 34.9 Å². The molecule has 24 heteroatoms. The number of halogens is 2. The molecule has 4 aliphatic rings. The molecule has 3 fully saturated rings. The van der Waals surface area contributed by atoms with Crippen molar-refractivity contribution < 1.29 is 61.6 Å². The van der Waals surface area contributed by atoms with Crippen LogP contribution in [-0.2, 0) is 42.9 Å². The van der Waals surface area contributed by atoms with E-state index in [0.717, 1.165) is 56.9 Å². The van der Waals surface area contributed by atoms with Crippen LogP contribution in [-0.4, -0.2) is 202 Å². The average Bonchev–Trinajstić information content (AvgIpc) is 3.84. The quantitative estimate of drug-likeness (QED) is 0.0315. The number of amides is 6. The van der Waals surface area contributed by atoms with Crippen LogP contribution in [0.1, 0.15) is 59.2 Å². The molecule has 424 valence electrons. The fraction of sp³-hybridized carbons (Fsp3) is 0.491. The fourth-order valence-corrected chi connectivity index (χ4v) is 10.0. The van der Waals surface area contributed by atoms with Crippen LogP contribution in [0.2, 0.25) is 5.02 Å². The van der Waals surface area contributed by atoms with Crippen molar-refractivity contribution in [2.45, 2.75) is 50.6 Å². The molecule has 0 aliphatic carbocycles. The van der Waals surface area contributed by atoms with E-state index in [2.05, 4.69) is 47.6 Å². The highest BCUT2D eigenvalue weighted by molar-refractivity contribution is 6.31. The van der Waals surface area contributed by atoms with Gasteiger partial charge in [0, 0.05) is 74.6 Å². The van der Waals surface area contributed by atoms with Crippen LogP contribution in [0, 0.1) is 5.82 Å². The maximum absolute atomic E-state index is 13.8. The number of piperazine rings is 1. The summed E-state index contributed by atoms with van der Waals surface area (Å²) in [5.41, 5.74) is 2.44. The SMILES string of the molecule is C=CC(=O)Nc1cc2c(Nc3ccc(F)c(Cl)c3)ncnc2cc1OCCCN1CCC(N2CCN(C(=O)CCOCCOCCOCCOCCOCCNc3cccc4c3C(=O)N(C3CCC(=O)NC3=O)C4=O)CC2)CC1. The van der Waals surface area contributed by atoms with Gasteiger partial charge in [0.05, 0.1) is 106 Å². The van der Waals surface area contributed by atoms with E-state index >= 15 is 0 Å². The maximum atomic E-state index is 13.8. The lowest BCUT2D eigenvalue weighted by Crippen LogP contribution is -2.54. The lowest BCUT2D eigenvalue weighted by atomic mass is 10.0. The van der Waals surface area contributed by atoms with Crippen molar-refractivity contribution in [1.29, 1.82) is 0 Å². The van der Waals surface area contributed by atoms with Gasteiger partial charge in [0.25, 0.3) is 11.8 Å². The van der Waals surface area contributed by atoms with Crippen LogP contribution in [0.5, 0.6) is 5.75 Å². The monoisotopic (exact) mass is 1110 g/mol. The van der Waals surface area contributed by atoms with Crippen LogP contribution in [0.15, 0.2) is 67.5 Å². The first kappa shape index (κ1) is 58.4. The van der Waals surface area contributed by atoms with Gasteiger partial charge in [-0.3, -0.25) is 43.9 Å². The second-order valence-corrected chi connectivity index (χ2v) is 19.5. The summed E-state index contributed by atoms with van der Waals surface area (Å²) in [6.45, 7) is 14.1. The highest BCUT2D eigenvalue weighted by Crippen LogP contribution is 2.35. The van der Waals surface area contributed by atoms with Crippen molar-refractivity contribution in [1.82, 2.24) is 34.9 Å². The molecule has 22 nitrogen and oxygen atoms in total. The van der Waals surface area contributed by atoms with Gasteiger partial charge >= 0.3 is 0 Å². The second kappa shape index (κ2) is 29.5. The van der Waals surface area contributed by atoms with Gasteiger partial charge in [-0.15, -0.1) is 0 Å². The van der Waals surface area contributed by atoms with Crippen LogP contribution in [0.25, 0.3) is 10.9 Å². The van der Waals surface area contributed by atoms with Gasteiger partial charge in [-0.1, -0.05) is 24.2 Å². The Bertz CT molecular complexity index is 2800. The van der Waals surface area contributed by atoms with Gasteiger partial charge in [0.15, 0.2) is 0 Å². The Labute approximate surface area is 462 Å². The molecule has 1 atom stereocenters. The Balaban J connectivity index is 0.603. The van der Waals surface area contributed by atoms with E-state index in [4.69, 9.17) is 40.0 Å². The molecule has 4 aliphatic heterocycles. The van der Waals surface area contributed by atoms with Crippen LogP contribution < -0.4 is 26.0 Å². The third-order valence-electron chi connectivity index (χ3n) is 14.0. The number of carbonyl (C=O) groups is 6. The predicted molar refractivity (Wildman–Crippen MR) is 291 cm³/mol. The van der Waals surface area contributed by atoms with Crippen molar-refractivity contribution in [2.75, 3.05) is 141 Å². The minimum absolute atomic E-state index is 0.0263. The van der Waals surface area contributed by atoms with Crippen LogP contribution >= 0.6 is 11.6 Å². The van der Waals surface area contributed by atoms with E-state index in [9.17, 15) is 33.2 Å². The van der Waals surface area contributed by atoms with Gasteiger partial charge in [-0.2, -0.15) is 0 Å². The predicted octanol–water partition coefficient (Wildman–Crippen LogP) is 4.65. The Morgan fingerprint density at radius 2 is 1.48 bits per heavy atom. The molecule has 3 saturated heterocycles. The lowest BCUT2D eigenvalue weighted by molar-refractivity contribution is -0.136. The standard InChI is InChI=1S/C55H68ClFN10O12/c1-2-48(68)62-45-34-40-44(59-36-60-52(40)61-37-7-8-42(57)41(56)33-37)35-47(45)79-22-4-15-64-16-11-38(12-17-64)65-18-20-66(21-19-65)50(70)13-23-74-25-27-76-29-31-78-32-30-77-28-26-75-24-14-58-43-6-3-5-39-51(43)55(73)67(54(39)72)46-9-10-49(69)63-53(46)71/h2-3,5-8,33-36,38,46,58H,1,4,9-32H2,(H,62,68)(H,59,60,61)(H,63,69,71). The molecule has 5 heterocycles. The Morgan fingerprint density at radius 1 is 0.785 bits per heavy atom. The van der Waals surface area contributed by atoms with Crippen molar-refractivity contribution in [3.05, 3.63) is 89.5 Å². The summed E-state index contributed by atoms with van der Waals surface area (Å²) in [5, 5.41) is 11.9. The smallest absolute Gasteiger partial charge is 0.264 e. The van der Waals surface area contributed by atoms with Crippen molar-refractivity contribution in [3.63, 3.8) is 0 Å². The topological polar surface area (TPSA) is 245 Å². The number of anilines is 4. The summed E-state index contributed by atoms with van der Waals surface area (Å²) in [6.07, 6.45) is 5.97. The third kappa shape index (κ3) is 16.2. The Kier molecular flexibility index (Phi) is 21.8. The number of fused-ring (bicyclic) bond motifs is 2. The van der Waals surface area contributed by atoms with Gasteiger partial charge in [0.2, 0.25) is 23.6 Å². The zero-order valence-corrected chi connectivity index (χ0v) is 44.9. The zero-order chi connectivity index (χ0) is 55.5. The number of benzene rings is 3. The molecular weight excluding hydrogens is 1050 g/mol. The number of piperidine rings is 2. The number of imide groups is 2. The molecular formula is C55H68ClFN10O12. The third-order valence-corrected chi connectivity index (χ3v) is 14.2. The molecule has 3 aromatic carbocycles. The van der Waals surface area contributed by atoms with E-state index in [1.54, 1.807) is 36.4 Å². The van der Waals surface area contributed by atoms with Gasteiger partial charge in [-0.25, -0.2) is 14.4 Å². The summed E-state index contributed by atoms with van der Waals surface area (Å²) in [7, 11) is 0. The number of nitrogens with zero attached hydrogens (tertiary/aromatic N) is 6. The second-order valence-electron chi connectivity index (χ2n) is 19.1. The number of ether oxygens (including phenoxy) is 6. The van der Waals surface area contributed by atoms with E-state index in [1.165, 1.54) is 24.5 Å². The molecule has 79 heavy (non-hydrogen) atoms. The summed E-state index contributed by atoms with van der Waals surface area (Å²) < 4.78 is 48.0. The van der Waals surface area contributed by atoms with E-state index in [1.807, 2.05) is 4.90 Å². The number of hydrogen-bond donors (Lipinski definition) is 4. The Morgan fingerprint density at radius 3 is 2.16 bits per heavy atom. The van der Waals surface area contributed by atoms with Crippen molar-refractivity contribution >= 4 is 80.8 Å². The summed E-state index contributed by atoms with van der Waals surface area (Å²) in [5.74, 6) is -2.11. The average molecular weight is 1120 g/mol. The van der Waals surface area contributed by atoms with E-state index in [0.29, 0.717) is 144 Å². The minimum atomic E-state index is -1.03. The first-order valence-electron chi connectivity index (χ1n) is 26.8. The molecule has 6 amide bonds. The van der Waals surface area contributed by atoms with Gasteiger partial charge < -0.3 is 54.2 Å². The fourth-order valence-electron chi connectivity index (χ4n) is 9.83. The number of nitrogens with one attached hydrogen (secondary N) is 4. The molecule has 0 spiro atoms. The molecule has 0 radical (unpaired) electrons. The molecule has 4 aromatic rings. The van der Waals surface area contributed by atoms with Crippen LogP contribution in [0.4, 0.5) is 27.3 Å². The van der Waals surface area contributed by atoms with Gasteiger partial charge in [-0.05, 0) is 81.2 Å². The highest BCUT2D eigenvalue weighted by Gasteiger charge is 2.45. The number of carbonyl (C=O) groups excluding carboxylic acids is 6. The number of aromatic nitrogens is 2. The van der Waals surface area contributed by atoms with Crippen LogP contribution in [0.3, 0.4) is 0 Å². The van der Waals surface area contributed by atoms with E-state index < -0.39 is 41.4 Å². The highest BCUT2D eigenvalue weighted by atomic mass is 35.5. The first-order chi connectivity index (χ1) is 38.5. The number of rotatable bonds is 30. The number of likely N-dealkylation sites (tertiary alicyclic amines) is 1. The molecule has 1 aromatic heterocycles.